The van der Waals surface area contributed by atoms with Crippen LogP contribution in [0.15, 0.2) is 28.0 Å². The fraction of sp³-hybridized carbons (Fsp3) is 0.500. The van der Waals surface area contributed by atoms with Crippen LogP contribution in [0.2, 0.25) is 0 Å². The molecular formula is C10H17N3O2. The summed E-state index contributed by atoms with van der Waals surface area (Å²) in [4.78, 5) is 0. The molecule has 1 heterocycles. The molecule has 0 amide bonds. The van der Waals surface area contributed by atoms with Gasteiger partial charge in [0.05, 0.1) is 12.3 Å². The Kier molecular flexibility index (Phi) is 4.17. The number of furan rings is 1. The molecular weight excluding hydrogens is 194 g/mol. The van der Waals surface area contributed by atoms with Gasteiger partial charge in [0.1, 0.15) is 11.6 Å². The van der Waals surface area contributed by atoms with Crippen molar-refractivity contribution in [3.63, 3.8) is 0 Å². The van der Waals surface area contributed by atoms with Gasteiger partial charge < -0.3 is 20.7 Å². The maximum atomic E-state index is 8.42. The van der Waals surface area contributed by atoms with Gasteiger partial charge in [0.15, 0.2) is 0 Å². The molecule has 0 radical (unpaired) electrons. The summed E-state index contributed by atoms with van der Waals surface area (Å²) >= 11 is 0. The van der Waals surface area contributed by atoms with E-state index in [0.717, 1.165) is 5.76 Å². The number of hydrogen-bond donors (Lipinski definition) is 3. The number of nitrogens with one attached hydrogen (secondary N) is 1. The van der Waals surface area contributed by atoms with Crippen LogP contribution in [-0.2, 0) is 0 Å². The molecule has 1 aromatic rings. The van der Waals surface area contributed by atoms with Crippen molar-refractivity contribution in [3.05, 3.63) is 24.2 Å². The van der Waals surface area contributed by atoms with Gasteiger partial charge in [0.2, 0.25) is 0 Å². The van der Waals surface area contributed by atoms with Crippen LogP contribution in [0.4, 0.5) is 0 Å². The van der Waals surface area contributed by atoms with Crippen molar-refractivity contribution < 1.29 is 9.62 Å². The van der Waals surface area contributed by atoms with Gasteiger partial charge in [-0.15, -0.1) is 0 Å². The monoisotopic (exact) mass is 211 g/mol. The van der Waals surface area contributed by atoms with Crippen LogP contribution in [0.3, 0.4) is 0 Å². The minimum absolute atomic E-state index is 0.112. The number of nitrogens with zero attached hydrogens (tertiary/aromatic N) is 1. The Bertz CT molecular complexity index is 308. The number of hydrogen-bond acceptors (Lipinski definition) is 4. The third kappa shape index (κ3) is 3.63. The van der Waals surface area contributed by atoms with Crippen LogP contribution >= 0.6 is 0 Å². The quantitative estimate of drug-likeness (QED) is 0.298. The summed E-state index contributed by atoms with van der Waals surface area (Å²) in [5.74, 6) is 1.10. The topological polar surface area (TPSA) is 83.8 Å². The zero-order valence-electron chi connectivity index (χ0n) is 8.97. The highest BCUT2D eigenvalue weighted by molar-refractivity contribution is 5.80. The summed E-state index contributed by atoms with van der Waals surface area (Å²) in [7, 11) is 0. The Labute approximate surface area is 88.9 Å². The first-order valence-corrected chi connectivity index (χ1v) is 4.89. The highest BCUT2D eigenvalue weighted by Gasteiger charge is 2.12. The lowest BCUT2D eigenvalue weighted by Gasteiger charge is -2.17. The lowest BCUT2D eigenvalue weighted by molar-refractivity contribution is 0.315. The fourth-order valence-electron chi connectivity index (χ4n) is 1.46. The Hall–Kier alpha value is -1.49. The highest BCUT2D eigenvalue weighted by atomic mass is 16.4. The molecule has 1 rings (SSSR count). The van der Waals surface area contributed by atoms with Crippen LogP contribution in [-0.4, -0.2) is 17.1 Å². The zero-order valence-corrected chi connectivity index (χ0v) is 8.97. The largest absolute Gasteiger partial charge is 0.468 e. The summed E-state index contributed by atoms with van der Waals surface area (Å²) in [5, 5.41) is 14.6. The second-order valence-corrected chi connectivity index (χ2v) is 3.60. The molecule has 0 bridgehead atoms. The SMILES string of the molecule is CC(C/C(N)=N/O)N[C@H](C)c1ccco1. The van der Waals surface area contributed by atoms with Gasteiger partial charge in [-0.3, -0.25) is 0 Å². The maximum Gasteiger partial charge on any atom is 0.140 e. The average Bonchev–Trinajstić information content (AvgIpc) is 2.70. The van der Waals surface area contributed by atoms with Crippen LogP contribution in [0.25, 0.3) is 0 Å². The normalized spacial score (nSPS) is 16.3. The molecule has 0 aliphatic rings. The van der Waals surface area contributed by atoms with Crippen molar-refractivity contribution in [2.24, 2.45) is 10.9 Å². The maximum absolute atomic E-state index is 8.42. The van der Waals surface area contributed by atoms with E-state index in [1.165, 1.54) is 0 Å². The van der Waals surface area contributed by atoms with Gasteiger partial charge in [-0.1, -0.05) is 5.16 Å². The van der Waals surface area contributed by atoms with Crippen molar-refractivity contribution in [1.29, 1.82) is 0 Å². The number of amidine groups is 1. The van der Waals surface area contributed by atoms with E-state index < -0.39 is 0 Å². The van der Waals surface area contributed by atoms with Crippen molar-refractivity contribution in [2.75, 3.05) is 0 Å². The van der Waals surface area contributed by atoms with Crippen LogP contribution < -0.4 is 11.1 Å². The summed E-state index contributed by atoms with van der Waals surface area (Å²) in [6, 6.07) is 4.00. The van der Waals surface area contributed by atoms with E-state index in [1.807, 2.05) is 26.0 Å². The fourth-order valence-corrected chi connectivity index (χ4v) is 1.46. The molecule has 0 fully saturated rings. The van der Waals surface area contributed by atoms with Gasteiger partial charge in [0.25, 0.3) is 0 Å². The summed E-state index contributed by atoms with van der Waals surface area (Å²) in [6.07, 6.45) is 2.14. The number of oxime groups is 1. The summed E-state index contributed by atoms with van der Waals surface area (Å²) in [5.41, 5.74) is 5.40. The molecule has 2 atom stereocenters. The summed E-state index contributed by atoms with van der Waals surface area (Å²) < 4.78 is 5.25. The van der Waals surface area contributed by atoms with Crippen LogP contribution in [0.1, 0.15) is 32.1 Å². The molecule has 84 valence electrons. The van der Waals surface area contributed by atoms with E-state index in [-0.39, 0.29) is 17.9 Å². The average molecular weight is 211 g/mol. The Morgan fingerprint density at radius 3 is 2.93 bits per heavy atom. The third-order valence-corrected chi connectivity index (χ3v) is 2.15. The third-order valence-electron chi connectivity index (χ3n) is 2.15. The van der Waals surface area contributed by atoms with E-state index in [1.54, 1.807) is 6.26 Å². The minimum atomic E-state index is 0.112. The molecule has 4 N–H and O–H groups in total. The van der Waals surface area contributed by atoms with Gasteiger partial charge >= 0.3 is 0 Å². The van der Waals surface area contributed by atoms with E-state index in [2.05, 4.69) is 10.5 Å². The summed E-state index contributed by atoms with van der Waals surface area (Å²) in [6.45, 7) is 3.97. The minimum Gasteiger partial charge on any atom is -0.468 e. The first-order valence-electron chi connectivity index (χ1n) is 4.89. The first-order chi connectivity index (χ1) is 7.13. The Morgan fingerprint density at radius 1 is 1.67 bits per heavy atom. The highest BCUT2D eigenvalue weighted by Crippen LogP contribution is 2.13. The first kappa shape index (κ1) is 11.6. The van der Waals surface area contributed by atoms with Crippen molar-refractivity contribution in [1.82, 2.24) is 5.32 Å². The van der Waals surface area contributed by atoms with Crippen molar-refractivity contribution in [3.8, 4) is 0 Å². The lowest BCUT2D eigenvalue weighted by Crippen LogP contribution is -2.32. The van der Waals surface area contributed by atoms with Crippen LogP contribution in [0, 0.1) is 0 Å². The van der Waals surface area contributed by atoms with E-state index >= 15 is 0 Å². The molecule has 5 heteroatoms. The zero-order chi connectivity index (χ0) is 11.3. The molecule has 0 saturated carbocycles. The van der Waals surface area contributed by atoms with Gasteiger partial charge in [-0.25, -0.2) is 0 Å². The molecule has 15 heavy (non-hydrogen) atoms. The van der Waals surface area contributed by atoms with E-state index in [0.29, 0.717) is 6.42 Å². The van der Waals surface area contributed by atoms with Gasteiger partial charge in [-0.2, -0.15) is 0 Å². The standard InChI is InChI=1S/C10H17N3O2/c1-7(6-10(11)13-14)12-8(2)9-4-3-5-15-9/h3-5,7-8,12,14H,6H2,1-2H3,(H2,11,13)/t7?,8-/m1/s1. The number of rotatable bonds is 5. The molecule has 0 aliphatic carbocycles. The molecule has 0 spiro atoms. The molecule has 0 saturated heterocycles. The van der Waals surface area contributed by atoms with E-state index in [4.69, 9.17) is 15.4 Å². The second-order valence-electron chi connectivity index (χ2n) is 3.60. The molecule has 0 aliphatic heterocycles. The van der Waals surface area contributed by atoms with Crippen molar-refractivity contribution >= 4 is 5.84 Å². The lowest BCUT2D eigenvalue weighted by atomic mass is 10.1. The van der Waals surface area contributed by atoms with Crippen LogP contribution in [0.5, 0.6) is 0 Å². The smallest absolute Gasteiger partial charge is 0.140 e. The van der Waals surface area contributed by atoms with Gasteiger partial charge in [0, 0.05) is 12.5 Å². The van der Waals surface area contributed by atoms with Gasteiger partial charge in [-0.05, 0) is 26.0 Å². The Morgan fingerprint density at radius 2 is 2.40 bits per heavy atom. The van der Waals surface area contributed by atoms with E-state index in [9.17, 15) is 0 Å². The van der Waals surface area contributed by atoms with Crippen molar-refractivity contribution in [2.45, 2.75) is 32.4 Å². The molecule has 1 unspecified atom stereocenters. The second kappa shape index (κ2) is 5.41. The molecule has 5 nitrogen and oxygen atoms in total. The molecule has 0 aromatic carbocycles. The molecule has 1 aromatic heterocycles. The predicted octanol–water partition coefficient (Wildman–Crippen LogP) is 1.46. The predicted molar refractivity (Wildman–Crippen MR) is 57.7 cm³/mol. The number of nitrogens with two attached hydrogens (primary N) is 1. The Balaban J connectivity index is 2.41.